The number of thioether (sulfide) groups is 1. The highest BCUT2D eigenvalue weighted by Gasteiger charge is 2.29. The Labute approximate surface area is 147 Å². The first-order chi connectivity index (χ1) is 11.5. The fourth-order valence-electron chi connectivity index (χ4n) is 3.32. The SMILES string of the molecule is CC1CC(C)CN(C(=O)C(C)Sc2ncn(-c3ccccc3)n2)C1. The Morgan fingerprint density at radius 2 is 1.88 bits per heavy atom. The molecule has 2 heterocycles. The molecule has 0 N–H and O–H groups in total. The number of carbonyl (C=O) groups is 1. The topological polar surface area (TPSA) is 51.0 Å². The molecule has 3 atom stereocenters. The third-order valence-electron chi connectivity index (χ3n) is 4.30. The highest BCUT2D eigenvalue weighted by molar-refractivity contribution is 8.00. The Morgan fingerprint density at radius 1 is 1.21 bits per heavy atom. The molecule has 5 nitrogen and oxygen atoms in total. The third kappa shape index (κ3) is 3.98. The second-order valence-electron chi connectivity index (χ2n) is 6.76. The van der Waals surface area contributed by atoms with E-state index in [4.69, 9.17) is 0 Å². The number of benzene rings is 1. The van der Waals surface area contributed by atoms with Crippen molar-refractivity contribution < 1.29 is 4.79 Å². The zero-order chi connectivity index (χ0) is 17.1. The zero-order valence-corrected chi connectivity index (χ0v) is 15.2. The third-order valence-corrected chi connectivity index (χ3v) is 5.26. The minimum Gasteiger partial charge on any atom is -0.341 e. The van der Waals surface area contributed by atoms with Crippen molar-refractivity contribution in [3.63, 3.8) is 0 Å². The molecule has 0 bridgehead atoms. The lowest BCUT2D eigenvalue weighted by Gasteiger charge is -2.36. The molecule has 1 aliphatic rings. The molecule has 3 rings (SSSR count). The van der Waals surface area contributed by atoms with Gasteiger partial charge in [0.2, 0.25) is 11.1 Å². The van der Waals surface area contributed by atoms with Crippen LogP contribution in [0.3, 0.4) is 0 Å². The molecule has 3 unspecified atom stereocenters. The van der Waals surface area contributed by atoms with Crippen LogP contribution < -0.4 is 0 Å². The normalized spacial score (nSPS) is 22.4. The average molecular weight is 344 g/mol. The van der Waals surface area contributed by atoms with Gasteiger partial charge in [-0.05, 0) is 37.3 Å². The molecule has 128 valence electrons. The van der Waals surface area contributed by atoms with Crippen LogP contribution in [0.25, 0.3) is 5.69 Å². The lowest BCUT2D eigenvalue weighted by Crippen LogP contribution is -2.45. The van der Waals surface area contributed by atoms with E-state index in [0.29, 0.717) is 17.0 Å². The number of hydrogen-bond acceptors (Lipinski definition) is 4. The zero-order valence-electron chi connectivity index (χ0n) is 14.4. The number of aromatic nitrogens is 3. The van der Waals surface area contributed by atoms with Crippen LogP contribution in [0.1, 0.15) is 27.2 Å². The molecule has 0 spiro atoms. The Bertz CT molecular complexity index is 677. The van der Waals surface area contributed by atoms with E-state index >= 15 is 0 Å². The van der Waals surface area contributed by atoms with Gasteiger partial charge in [0.1, 0.15) is 6.33 Å². The predicted molar refractivity (Wildman–Crippen MR) is 96.2 cm³/mol. The fourth-order valence-corrected chi connectivity index (χ4v) is 4.12. The average Bonchev–Trinajstić information content (AvgIpc) is 3.02. The standard InChI is InChI=1S/C18H24N4OS/c1-13-9-14(2)11-21(10-13)17(23)15(3)24-18-19-12-22(20-18)16-7-5-4-6-8-16/h4-8,12-15H,9-11H2,1-3H3. The van der Waals surface area contributed by atoms with Gasteiger partial charge in [-0.1, -0.05) is 43.8 Å². The van der Waals surface area contributed by atoms with Gasteiger partial charge in [0, 0.05) is 13.1 Å². The summed E-state index contributed by atoms with van der Waals surface area (Å²) in [5.74, 6) is 1.34. The van der Waals surface area contributed by atoms with Gasteiger partial charge in [-0.15, -0.1) is 5.10 Å². The highest BCUT2D eigenvalue weighted by Crippen LogP contribution is 2.26. The molecule has 2 aromatic rings. The number of likely N-dealkylation sites (tertiary alicyclic amines) is 1. The summed E-state index contributed by atoms with van der Waals surface area (Å²) in [5, 5.41) is 4.94. The summed E-state index contributed by atoms with van der Waals surface area (Å²) in [4.78, 5) is 19.1. The van der Waals surface area contributed by atoms with E-state index in [2.05, 4.69) is 23.9 Å². The number of para-hydroxylation sites is 1. The molecule has 6 heteroatoms. The molecule has 1 amide bonds. The molecule has 1 aliphatic heterocycles. The van der Waals surface area contributed by atoms with Crippen LogP contribution in [0.2, 0.25) is 0 Å². The quantitative estimate of drug-likeness (QED) is 0.799. The van der Waals surface area contributed by atoms with Gasteiger partial charge in [0.05, 0.1) is 10.9 Å². The maximum Gasteiger partial charge on any atom is 0.235 e. The van der Waals surface area contributed by atoms with Crippen molar-refractivity contribution in [2.24, 2.45) is 11.8 Å². The molecular formula is C18H24N4OS. The van der Waals surface area contributed by atoms with Crippen LogP contribution in [-0.4, -0.2) is 43.9 Å². The van der Waals surface area contributed by atoms with Crippen molar-refractivity contribution in [3.05, 3.63) is 36.7 Å². The van der Waals surface area contributed by atoms with Gasteiger partial charge in [-0.2, -0.15) is 0 Å². The van der Waals surface area contributed by atoms with E-state index in [-0.39, 0.29) is 11.2 Å². The van der Waals surface area contributed by atoms with Crippen molar-refractivity contribution >= 4 is 17.7 Å². The predicted octanol–water partition coefficient (Wildman–Crippen LogP) is 3.25. The van der Waals surface area contributed by atoms with Gasteiger partial charge < -0.3 is 4.90 Å². The summed E-state index contributed by atoms with van der Waals surface area (Å²) < 4.78 is 1.74. The summed E-state index contributed by atoms with van der Waals surface area (Å²) in [5.41, 5.74) is 0.967. The first-order valence-corrected chi connectivity index (χ1v) is 9.33. The number of carbonyl (C=O) groups excluding carboxylic acids is 1. The molecule has 1 fully saturated rings. The van der Waals surface area contributed by atoms with Crippen LogP contribution in [0.15, 0.2) is 41.8 Å². The smallest absolute Gasteiger partial charge is 0.235 e. The Morgan fingerprint density at radius 3 is 2.54 bits per heavy atom. The minimum atomic E-state index is -0.172. The van der Waals surface area contributed by atoms with Crippen molar-refractivity contribution in [2.45, 2.75) is 37.6 Å². The molecule has 1 aromatic heterocycles. The summed E-state index contributed by atoms with van der Waals surface area (Å²) in [7, 11) is 0. The maximum absolute atomic E-state index is 12.7. The molecule has 1 aromatic carbocycles. The van der Waals surface area contributed by atoms with Gasteiger partial charge in [-0.3, -0.25) is 4.79 Å². The first-order valence-electron chi connectivity index (χ1n) is 8.45. The van der Waals surface area contributed by atoms with E-state index in [9.17, 15) is 4.79 Å². The van der Waals surface area contributed by atoms with Crippen LogP contribution in [0.4, 0.5) is 0 Å². The van der Waals surface area contributed by atoms with Gasteiger partial charge in [0.15, 0.2) is 0 Å². The first kappa shape index (κ1) is 17.0. The number of rotatable bonds is 4. The fraction of sp³-hybridized carbons (Fsp3) is 0.500. The van der Waals surface area contributed by atoms with Crippen molar-refractivity contribution in [1.82, 2.24) is 19.7 Å². The molecular weight excluding hydrogens is 320 g/mol. The van der Waals surface area contributed by atoms with E-state index in [0.717, 1.165) is 18.8 Å². The Hall–Kier alpha value is -1.82. The van der Waals surface area contributed by atoms with E-state index in [1.807, 2.05) is 42.2 Å². The van der Waals surface area contributed by atoms with Crippen LogP contribution in [0.5, 0.6) is 0 Å². The highest BCUT2D eigenvalue weighted by atomic mass is 32.2. The Kier molecular flexibility index (Phi) is 5.23. The number of amides is 1. The number of piperidine rings is 1. The summed E-state index contributed by atoms with van der Waals surface area (Å²) in [6, 6.07) is 9.86. The largest absolute Gasteiger partial charge is 0.341 e. The number of nitrogens with zero attached hydrogens (tertiary/aromatic N) is 4. The summed E-state index contributed by atoms with van der Waals surface area (Å²) >= 11 is 1.43. The molecule has 0 saturated carbocycles. The monoisotopic (exact) mass is 344 g/mol. The van der Waals surface area contributed by atoms with Crippen molar-refractivity contribution in [2.75, 3.05) is 13.1 Å². The molecule has 0 aliphatic carbocycles. The van der Waals surface area contributed by atoms with Gasteiger partial charge in [0.25, 0.3) is 0 Å². The molecule has 24 heavy (non-hydrogen) atoms. The van der Waals surface area contributed by atoms with E-state index in [1.54, 1.807) is 11.0 Å². The second kappa shape index (κ2) is 7.38. The van der Waals surface area contributed by atoms with Crippen LogP contribution in [0, 0.1) is 11.8 Å². The summed E-state index contributed by atoms with van der Waals surface area (Å²) in [6.07, 6.45) is 2.90. The summed E-state index contributed by atoms with van der Waals surface area (Å²) in [6.45, 7) is 8.10. The van der Waals surface area contributed by atoms with Crippen LogP contribution in [-0.2, 0) is 4.79 Å². The van der Waals surface area contributed by atoms with Gasteiger partial charge in [-0.25, -0.2) is 9.67 Å². The molecule has 0 radical (unpaired) electrons. The second-order valence-corrected chi connectivity index (χ2v) is 8.06. The minimum absolute atomic E-state index is 0.172. The lowest BCUT2D eigenvalue weighted by atomic mass is 9.92. The van der Waals surface area contributed by atoms with E-state index in [1.165, 1.54) is 18.2 Å². The van der Waals surface area contributed by atoms with Crippen LogP contribution >= 0.6 is 11.8 Å². The van der Waals surface area contributed by atoms with Crippen molar-refractivity contribution in [3.8, 4) is 5.69 Å². The molecule has 1 saturated heterocycles. The van der Waals surface area contributed by atoms with Crippen molar-refractivity contribution in [1.29, 1.82) is 0 Å². The van der Waals surface area contributed by atoms with Gasteiger partial charge >= 0.3 is 0 Å². The lowest BCUT2D eigenvalue weighted by molar-refractivity contribution is -0.132. The maximum atomic E-state index is 12.7. The van der Waals surface area contributed by atoms with E-state index < -0.39 is 0 Å². The Balaban J connectivity index is 1.63. The number of hydrogen-bond donors (Lipinski definition) is 0.